The second-order valence-electron chi connectivity index (χ2n) is 18.0. The summed E-state index contributed by atoms with van der Waals surface area (Å²) in [6, 6.07) is 13.1. The zero-order valence-electron chi connectivity index (χ0n) is 36.7. The minimum Gasteiger partial charge on any atom is -0.381 e. The molecular weight excluding hydrogens is 880 g/mol. The van der Waals surface area contributed by atoms with E-state index >= 15 is 13.6 Å². The molecule has 7 heterocycles. The van der Waals surface area contributed by atoms with Crippen LogP contribution in [0.4, 0.5) is 22.0 Å². The quantitative estimate of drug-likeness (QED) is 0.152. The number of imidazole rings is 1. The Morgan fingerprint density at radius 1 is 0.940 bits per heavy atom. The number of nitrogens with one attached hydrogen (secondary N) is 1. The first-order valence-electron chi connectivity index (χ1n) is 22.1. The van der Waals surface area contributed by atoms with E-state index in [2.05, 4.69) is 27.4 Å². The van der Waals surface area contributed by atoms with Crippen molar-refractivity contribution in [3.05, 3.63) is 139 Å². The van der Waals surface area contributed by atoms with E-state index in [-0.39, 0.29) is 53.1 Å². The van der Waals surface area contributed by atoms with Crippen LogP contribution in [0.2, 0.25) is 0 Å². The number of aryl methyl sites for hydroxylation is 2. The van der Waals surface area contributed by atoms with Gasteiger partial charge in [-0.25, -0.2) is 23.1 Å². The molecule has 3 atom stereocenters. The van der Waals surface area contributed by atoms with Crippen molar-refractivity contribution in [2.75, 3.05) is 19.8 Å². The average Bonchev–Trinajstić information content (AvgIpc) is 3.94. The lowest BCUT2D eigenvalue weighted by molar-refractivity contribution is -0.141. The fourth-order valence-electron chi connectivity index (χ4n) is 10.5. The standard InChI is InChI=1S/C47H43F5N10O5/c1-24-17-31(18-25(2)39(24)48)62-41(59-14-13-58(45(59)65)36-8-7-35-32(40(36)49)22-53-60(35)23-47(50,51)52)38-27(4)57(12-9-33(38)55-62)42(63)37-20-30-19-29(28-10-15-66-16-11-28)5-6-34(30)61(37)46(21-26(46)3)43-54-44(64)67-56-43/h5-8,13-14,17-20,22,26-28H,9-12,15-16,21,23H2,1-4H3,(H,54,56,64)/t26-,27-,46-/m0/s1. The molecule has 0 radical (unpaired) electrons. The summed E-state index contributed by atoms with van der Waals surface area (Å²) in [7, 11) is 0. The van der Waals surface area contributed by atoms with Crippen LogP contribution in [0.1, 0.15) is 89.3 Å². The van der Waals surface area contributed by atoms with Crippen molar-refractivity contribution in [1.82, 2.24) is 48.3 Å². The molecule has 0 unspecified atom stereocenters. The maximum atomic E-state index is 16.3. The molecule has 1 aliphatic carbocycles. The third-order valence-corrected chi connectivity index (χ3v) is 14.0. The number of carbonyl (C=O) groups is 1. The van der Waals surface area contributed by atoms with Gasteiger partial charge in [-0.15, -0.1) is 0 Å². The maximum Gasteiger partial charge on any atom is 0.438 e. The zero-order valence-corrected chi connectivity index (χ0v) is 36.7. The van der Waals surface area contributed by atoms with E-state index in [1.807, 2.05) is 30.5 Å². The molecule has 346 valence electrons. The van der Waals surface area contributed by atoms with Gasteiger partial charge in [0.25, 0.3) is 5.91 Å². The van der Waals surface area contributed by atoms with Gasteiger partial charge in [0.2, 0.25) is 0 Å². The monoisotopic (exact) mass is 922 g/mol. The molecule has 0 bridgehead atoms. The first-order valence-corrected chi connectivity index (χ1v) is 22.1. The Bertz CT molecular complexity index is 3410. The molecule has 15 nitrogen and oxygen atoms in total. The number of aromatic amines is 1. The van der Waals surface area contributed by atoms with Crippen LogP contribution in [0.3, 0.4) is 0 Å². The SMILES string of the molecule is Cc1cc(-n2nc3c(c2-n2ccn(-c4ccc5c(cnn5CC(F)(F)F)c4F)c2=O)[C@H](C)N(C(=O)c2cc4cc(C5CCOCC5)ccc4n2[C@@]2(c4noc(=O)[nH]4)C[C@@H]2C)CC3)cc(C)c1F. The predicted octanol–water partition coefficient (Wildman–Crippen LogP) is 7.69. The third-order valence-electron chi connectivity index (χ3n) is 14.0. The molecule has 3 aromatic carbocycles. The number of alkyl halides is 3. The van der Waals surface area contributed by atoms with E-state index in [1.165, 1.54) is 33.8 Å². The molecule has 1 amide bonds. The Kier molecular flexibility index (Phi) is 9.67. The van der Waals surface area contributed by atoms with Crippen LogP contribution in [0, 0.1) is 31.4 Å². The summed E-state index contributed by atoms with van der Waals surface area (Å²) in [5.41, 5.74) is 2.46. The van der Waals surface area contributed by atoms with Gasteiger partial charge in [0.15, 0.2) is 11.6 Å². The molecular formula is C47H43F5N10O5. The van der Waals surface area contributed by atoms with Crippen LogP contribution < -0.4 is 11.4 Å². The predicted molar refractivity (Wildman–Crippen MR) is 233 cm³/mol. The third kappa shape index (κ3) is 6.69. The Labute approximate surface area is 376 Å². The molecule has 0 spiro atoms. The van der Waals surface area contributed by atoms with Crippen LogP contribution in [-0.2, 0) is 23.2 Å². The number of halogens is 5. The van der Waals surface area contributed by atoms with Gasteiger partial charge in [-0.2, -0.15) is 23.4 Å². The number of fused-ring (bicyclic) bond motifs is 3. The van der Waals surface area contributed by atoms with Gasteiger partial charge in [0.1, 0.15) is 29.4 Å². The van der Waals surface area contributed by atoms with Gasteiger partial charge in [0.05, 0.1) is 40.2 Å². The summed E-state index contributed by atoms with van der Waals surface area (Å²) in [5.74, 6) is -1.63. The Balaban J connectivity index is 1.05. The highest BCUT2D eigenvalue weighted by atomic mass is 19.4. The summed E-state index contributed by atoms with van der Waals surface area (Å²) < 4.78 is 88.4. The number of H-pyrrole nitrogens is 1. The highest BCUT2D eigenvalue weighted by Gasteiger charge is 2.59. The molecule has 1 saturated heterocycles. The normalized spacial score (nSPS) is 20.0. The van der Waals surface area contributed by atoms with E-state index in [9.17, 15) is 22.8 Å². The fraction of sp³-hybridized carbons (Fsp3) is 0.362. The molecule has 67 heavy (non-hydrogen) atoms. The van der Waals surface area contributed by atoms with Gasteiger partial charge in [-0.1, -0.05) is 18.1 Å². The number of rotatable bonds is 8. The number of hydrogen-bond donors (Lipinski definition) is 1. The summed E-state index contributed by atoms with van der Waals surface area (Å²) in [4.78, 5) is 47.0. The summed E-state index contributed by atoms with van der Waals surface area (Å²) in [5, 5.41) is 13.5. The van der Waals surface area contributed by atoms with Gasteiger partial charge in [0, 0.05) is 55.0 Å². The highest BCUT2D eigenvalue weighted by Crippen LogP contribution is 2.56. The lowest BCUT2D eigenvalue weighted by atomic mass is 9.91. The number of hydrogen-bond acceptors (Lipinski definition) is 8. The molecule has 2 aliphatic heterocycles. The van der Waals surface area contributed by atoms with Crippen LogP contribution in [0.25, 0.3) is 39.0 Å². The van der Waals surface area contributed by atoms with Crippen molar-refractivity contribution < 1.29 is 36.0 Å². The Hall–Kier alpha value is -7.09. The van der Waals surface area contributed by atoms with Gasteiger partial charge < -0.3 is 14.2 Å². The first-order chi connectivity index (χ1) is 32.0. The average molecular weight is 923 g/mol. The maximum absolute atomic E-state index is 16.3. The van der Waals surface area contributed by atoms with Crippen molar-refractivity contribution >= 4 is 27.7 Å². The van der Waals surface area contributed by atoms with E-state index in [4.69, 9.17) is 14.4 Å². The lowest BCUT2D eigenvalue weighted by Gasteiger charge is -2.34. The Morgan fingerprint density at radius 3 is 2.34 bits per heavy atom. The molecule has 2 fully saturated rings. The largest absolute Gasteiger partial charge is 0.438 e. The van der Waals surface area contributed by atoms with Crippen LogP contribution in [0.15, 0.2) is 81.2 Å². The number of nitrogens with zero attached hydrogens (tertiary/aromatic N) is 9. The number of amides is 1. The molecule has 3 aliphatic rings. The first kappa shape index (κ1) is 42.5. The van der Waals surface area contributed by atoms with Gasteiger partial charge in [-0.3, -0.25) is 28.1 Å². The second kappa shape index (κ2) is 15.2. The number of benzene rings is 3. The summed E-state index contributed by atoms with van der Waals surface area (Å²) in [6.45, 7) is 7.20. The van der Waals surface area contributed by atoms with Crippen LogP contribution in [0.5, 0.6) is 0 Å². The van der Waals surface area contributed by atoms with E-state index < -0.39 is 47.4 Å². The van der Waals surface area contributed by atoms with Crippen molar-refractivity contribution in [3.63, 3.8) is 0 Å². The van der Waals surface area contributed by atoms with Crippen LogP contribution >= 0.6 is 0 Å². The molecule has 1 N–H and O–H groups in total. The number of aromatic nitrogens is 9. The minimum absolute atomic E-state index is 0.0408. The minimum atomic E-state index is -4.60. The molecule has 1 saturated carbocycles. The van der Waals surface area contributed by atoms with Crippen molar-refractivity contribution in [3.8, 4) is 17.2 Å². The molecule has 20 heteroatoms. The fourth-order valence-corrected chi connectivity index (χ4v) is 10.5. The van der Waals surface area contributed by atoms with E-state index in [1.54, 1.807) is 30.9 Å². The van der Waals surface area contributed by atoms with Crippen molar-refractivity contribution in [2.24, 2.45) is 5.92 Å². The van der Waals surface area contributed by atoms with Crippen molar-refractivity contribution in [2.45, 2.75) is 83.6 Å². The molecule has 8 aromatic rings. The topological polar surface area (TPSA) is 156 Å². The van der Waals surface area contributed by atoms with Gasteiger partial charge >= 0.3 is 17.6 Å². The van der Waals surface area contributed by atoms with Crippen LogP contribution in [-0.4, -0.2) is 80.1 Å². The van der Waals surface area contributed by atoms with E-state index in [0.29, 0.717) is 63.9 Å². The lowest BCUT2D eigenvalue weighted by Crippen LogP contribution is -2.41. The van der Waals surface area contributed by atoms with Crippen molar-refractivity contribution in [1.29, 1.82) is 0 Å². The molecule has 11 rings (SSSR count). The van der Waals surface area contributed by atoms with Gasteiger partial charge in [-0.05, 0) is 111 Å². The number of carbonyl (C=O) groups excluding carboxylic acids is 1. The molecule has 5 aromatic heterocycles. The number of ether oxygens (including phenoxy) is 1. The highest BCUT2D eigenvalue weighted by molar-refractivity contribution is 6.00. The Morgan fingerprint density at radius 2 is 1.66 bits per heavy atom. The van der Waals surface area contributed by atoms with E-state index in [0.717, 1.165) is 40.1 Å². The zero-order chi connectivity index (χ0) is 46.8. The summed E-state index contributed by atoms with van der Waals surface area (Å²) >= 11 is 0. The second-order valence-corrected chi connectivity index (χ2v) is 18.0. The smallest absolute Gasteiger partial charge is 0.381 e. The summed E-state index contributed by atoms with van der Waals surface area (Å²) in [6.07, 6.45) is 1.72.